The predicted octanol–water partition coefficient (Wildman–Crippen LogP) is 5.07. The Morgan fingerprint density at radius 2 is 0.944 bits per heavy atom. The number of hydrogen-bond acceptors (Lipinski definition) is 0. The molecule has 0 aromatic carbocycles. The quantitative estimate of drug-likeness (QED) is 0.619. The molecule has 0 fully saturated rings. The number of alkyl halides is 10. The van der Waals surface area contributed by atoms with Crippen molar-refractivity contribution in [2.75, 3.05) is 0 Å². The molecular weight excluding hydrogens is 333 g/mol. The van der Waals surface area contributed by atoms with E-state index in [0.717, 1.165) is 0 Å². The van der Waals surface area contributed by atoms with Crippen LogP contribution < -0.4 is 0 Å². The van der Waals surface area contributed by atoms with Crippen molar-refractivity contribution in [2.45, 2.75) is 24.2 Å². The van der Waals surface area contributed by atoms with Gasteiger partial charge in [0.2, 0.25) is 0 Å². The maximum absolute atomic E-state index is 12.6. The monoisotopic (exact) mass is 332 g/mol. The van der Waals surface area contributed by atoms with Gasteiger partial charge in [-0.25, -0.2) is 0 Å². The average Bonchev–Trinajstić information content (AvgIpc) is 2.11. The first kappa shape index (κ1) is 17.6. The molecule has 0 saturated carbocycles. The van der Waals surface area contributed by atoms with Crippen molar-refractivity contribution in [3.8, 4) is 0 Å². The highest BCUT2D eigenvalue weighted by Gasteiger charge is 2.75. The largest absolute Gasteiger partial charge is 0.460 e. The topological polar surface area (TPSA) is 0 Å². The molecule has 0 atom stereocenters. The van der Waals surface area contributed by atoms with Crippen LogP contribution in [0.15, 0.2) is 10.1 Å². The molecule has 108 valence electrons. The van der Waals surface area contributed by atoms with Crippen LogP contribution in [0.25, 0.3) is 0 Å². The van der Waals surface area contributed by atoms with E-state index in [1.807, 2.05) is 0 Å². The summed E-state index contributed by atoms with van der Waals surface area (Å²) in [5.41, 5.74) is 0. The Hall–Kier alpha value is -0.380. The van der Waals surface area contributed by atoms with E-state index in [0.29, 0.717) is 0 Å². The summed E-state index contributed by atoms with van der Waals surface area (Å²) in [5, 5.41) is -6.10. The van der Waals surface area contributed by atoms with E-state index >= 15 is 0 Å². The first-order valence-electron chi connectivity index (χ1n) is 3.52. The van der Waals surface area contributed by atoms with Crippen LogP contribution >= 0.6 is 23.2 Å². The van der Waals surface area contributed by atoms with Crippen LogP contribution in [0, 0.1) is 0 Å². The minimum atomic E-state index is -6.81. The van der Waals surface area contributed by atoms with Crippen LogP contribution in [-0.4, -0.2) is 24.2 Å². The molecule has 0 N–H and O–H groups in total. The third-order valence-corrected chi connectivity index (χ3v) is 2.39. The van der Waals surface area contributed by atoms with Crippen LogP contribution in [0.3, 0.4) is 0 Å². The average molecular weight is 333 g/mol. The van der Waals surface area contributed by atoms with Gasteiger partial charge >= 0.3 is 24.2 Å². The van der Waals surface area contributed by atoms with Crippen LogP contribution in [0.2, 0.25) is 0 Å². The molecule has 0 aromatic rings. The van der Waals surface area contributed by atoms with E-state index in [9.17, 15) is 43.9 Å². The van der Waals surface area contributed by atoms with Crippen molar-refractivity contribution in [1.29, 1.82) is 0 Å². The second-order valence-corrected chi connectivity index (χ2v) is 3.53. The molecule has 0 spiro atoms. The maximum Gasteiger partial charge on any atom is 0.460 e. The lowest BCUT2D eigenvalue weighted by Gasteiger charge is -2.28. The normalized spacial score (nSPS) is 16.7. The van der Waals surface area contributed by atoms with Gasteiger partial charge in [0.1, 0.15) is 10.1 Å². The van der Waals surface area contributed by atoms with Crippen molar-refractivity contribution in [3.05, 3.63) is 10.1 Å². The minimum absolute atomic E-state index is 2.96. The SMILES string of the molecule is FC(F)(F)/C(Cl)=C(\Cl)C(F)(F)C(F)(F)C(F)(F)F. The van der Waals surface area contributed by atoms with E-state index in [4.69, 9.17) is 0 Å². The molecule has 0 nitrogen and oxygen atoms in total. The lowest BCUT2D eigenvalue weighted by Crippen LogP contribution is -2.52. The van der Waals surface area contributed by atoms with Gasteiger partial charge in [0.15, 0.2) is 0 Å². The Balaban J connectivity index is 5.83. The highest BCUT2D eigenvalue weighted by atomic mass is 35.5. The zero-order valence-corrected chi connectivity index (χ0v) is 9.05. The van der Waals surface area contributed by atoms with Gasteiger partial charge in [-0.05, 0) is 0 Å². The first-order valence-corrected chi connectivity index (χ1v) is 4.27. The van der Waals surface area contributed by atoms with Crippen molar-refractivity contribution >= 4 is 23.2 Å². The summed E-state index contributed by atoms with van der Waals surface area (Å²) in [4.78, 5) is 0. The summed E-state index contributed by atoms with van der Waals surface area (Å²) in [6.07, 6.45) is -12.6. The molecule has 0 aliphatic heterocycles. The second kappa shape index (κ2) is 4.62. The summed E-state index contributed by atoms with van der Waals surface area (Å²) in [7, 11) is 0. The van der Waals surface area contributed by atoms with Gasteiger partial charge in [-0.1, -0.05) is 23.2 Å². The molecule has 0 aliphatic rings. The number of hydrogen-bond donors (Lipinski definition) is 0. The van der Waals surface area contributed by atoms with E-state index < -0.39 is 34.3 Å². The lowest BCUT2D eigenvalue weighted by molar-refractivity contribution is -0.343. The fourth-order valence-electron chi connectivity index (χ4n) is 0.578. The van der Waals surface area contributed by atoms with Crippen molar-refractivity contribution in [1.82, 2.24) is 0 Å². The Morgan fingerprint density at radius 1 is 0.611 bits per heavy atom. The summed E-state index contributed by atoms with van der Waals surface area (Å²) >= 11 is 8.39. The minimum Gasteiger partial charge on any atom is -0.193 e. The maximum atomic E-state index is 12.6. The number of halogens is 12. The van der Waals surface area contributed by atoms with Gasteiger partial charge in [-0.2, -0.15) is 43.9 Å². The van der Waals surface area contributed by atoms with Gasteiger partial charge in [-0.15, -0.1) is 0 Å². The Labute approximate surface area is 102 Å². The third kappa shape index (κ3) is 2.95. The Bertz CT molecular complexity index is 348. The summed E-state index contributed by atoms with van der Waals surface area (Å²) in [6.45, 7) is 0. The van der Waals surface area contributed by atoms with Gasteiger partial charge in [0.25, 0.3) is 0 Å². The molecule has 0 unspecified atom stereocenters. The smallest absolute Gasteiger partial charge is 0.193 e. The van der Waals surface area contributed by atoms with Gasteiger partial charge in [-0.3, -0.25) is 0 Å². The van der Waals surface area contributed by atoms with Gasteiger partial charge in [0.05, 0.1) is 0 Å². The van der Waals surface area contributed by atoms with Crippen molar-refractivity contribution in [3.63, 3.8) is 0 Å². The molecule has 0 aromatic heterocycles. The number of allylic oxidation sites excluding steroid dienone is 2. The lowest BCUT2D eigenvalue weighted by atomic mass is 10.1. The Kier molecular flexibility index (Phi) is 4.52. The standard InChI is InChI=1S/C6Cl2F10/c7-1(2(8)4(11,12)13)3(9,10)5(14,15)6(16,17)18/b2-1+. The molecule has 0 rings (SSSR count). The highest BCUT2D eigenvalue weighted by molar-refractivity contribution is 6.40. The highest BCUT2D eigenvalue weighted by Crippen LogP contribution is 2.53. The fourth-order valence-corrected chi connectivity index (χ4v) is 0.923. The van der Waals surface area contributed by atoms with Crippen molar-refractivity contribution < 1.29 is 43.9 Å². The predicted molar refractivity (Wildman–Crippen MR) is 40.7 cm³/mol. The third-order valence-electron chi connectivity index (χ3n) is 1.47. The molecule has 0 amide bonds. The first-order chi connectivity index (χ1) is 7.57. The van der Waals surface area contributed by atoms with E-state index in [1.54, 1.807) is 0 Å². The van der Waals surface area contributed by atoms with Crippen LogP contribution in [0.1, 0.15) is 0 Å². The zero-order valence-electron chi connectivity index (χ0n) is 7.54. The molecule has 0 heterocycles. The van der Waals surface area contributed by atoms with Crippen LogP contribution in [-0.2, 0) is 0 Å². The molecule has 0 aliphatic carbocycles. The molecule has 12 heteroatoms. The fraction of sp³-hybridized carbons (Fsp3) is 0.667. The van der Waals surface area contributed by atoms with Crippen LogP contribution in [0.4, 0.5) is 43.9 Å². The summed E-state index contributed by atoms with van der Waals surface area (Å²) < 4.78 is 120. The van der Waals surface area contributed by atoms with E-state index in [1.165, 1.54) is 0 Å². The molecule has 18 heavy (non-hydrogen) atoms. The molecule has 0 saturated heterocycles. The van der Waals surface area contributed by atoms with Gasteiger partial charge in [0, 0.05) is 0 Å². The molecule has 0 radical (unpaired) electrons. The summed E-state index contributed by atoms with van der Waals surface area (Å²) in [5.74, 6) is -13.2. The molecule has 0 bridgehead atoms. The van der Waals surface area contributed by atoms with Crippen LogP contribution in [0.5, 0.6) is 0 Å². The zero-order chi connectivity index (χ0) is 15.2. The van der Waals surface area contributed by atoms with Gasteiger partial charge < -0.3 is 0 Å². The Morgan fingerprint density at radius 3 is 1.17 bits per heavy atom. The van der Waals surface area contributed by atoms with E-state index in [-0.39, 0.29) is 0 Å². The second-order valence-electron chi connectivity index (χ2n) is 2.77. The number of rotatable bonds is 2. The van der Waals surface area contributed by atoms with Crippen molar-refractivity contribution in [2.24, 2.45) is 0 Å². The summed E-state index contributed by atoms with van der Waals surface area (Å²) in [6, 6.07) is 0. The van der Waals surface area contributed by atoms with E-state index in [2.05, 4.69) is 23.2 Å². The molecular formula is C6Cl2F10.